The van der Waals surface area contributed by atoms with Gasteiger partial charge >= 0.3 is 6.18 Å². The number of halogens is 4. The van der Waals surface area contributed by atoms with Crippen molar-refractivity contribution in [3.63, 3.8) is 0 Å². The number of aliphatic hydroxyl groups is 1. The molecule has 36 heavy (non-hydrogen) atoms. The lowest BCUT2D eigenvalue weighted by atomic mass is 9.96. The summed E-state index contributed by atoms with van der Waals surface area (Å²) in [5.41, 5.74) is 0.632. The Kier molecular flexibility index (Phi) is 7.14. The van der Waals surface area contributed by atoms with Crippen molar-refractivity contribution in [1.29, 1.82) is 0 Å². The van der Waals surface area contributed by atoms with E-state index >= 15 is 0 Å². The molecule has 1 atom stereocenters. The minimum Gasteiger partial charge on any atom is -0.391 e. The molecule has 3 N–H and O–H groups in total. The van der Waals surface area contributed by atoms with Crippen LogP contribution in [0.3, 0.4) is 0 Å². The number of H-pyrrole nitrogens is 1. The van der Waals surface area contributed by atoms with Crippen LogP contribution in [0.15, 0.2) is 49.2 Å². The molecule has 0 aliphatic rings. The number of nitrogens with zero attached hydrogens (tertiary/aromatic N) is 4. The van der Waals surface area contributed by atoms with Gasteiger partial charge in [0, 0.05) is 41.2 Å². The number of amides is 1. The average Bonchev–Trinajstić information content (AvgIpc) is 3.43. The number of benzene rings is 1. The zero-order chi connectivity index (χ0) is 26.0. The van der Waals surface area contributed by atoms with Crippen LogP contribution in [0.25, 0.3) is 33.6 Å². The lowest BCUT2D eigenvalue weighted by molar-refractivity contribution is -0.144. The standard InChI is InChI=1S/C24H22ClF3N6O2/c1-3-30-23(36)15-6-4-5-14(20(15)25)16-9-31-21(19(16)18-7-8-29-12-32-18)17-10-33-34(11-13(2)35)22(17)24(26,27)28/h4-10,12-13,31,35H,3,11H2,1-2H3,(H,30,36)/t13-/m1/s1. The smallest absolute Gasteiger partial charge is 0.391 e. The molecule has 0 unspecified atom stereocenters. The Labute approximate surface area is 209 Å². The van der Waals surface area contributed by atoms with Crippen LogP contribution in [0.4, 0.5) is 13.2 Å². The van der Waals surface area contributed by atoms with Crippen molar-refractivity contribution in [2.75, 3.05) is 6.54 Å². The first kappa shape index (κ1) is 25.4. The van der Waals surface area contributed by atoms with E-state index < -0.39 is 18.0 Å². The van der Waals surface area contributed by atoms with Gasteiger partial charge in [0.2, 0.25) is 0 Å². The van der Waals surface area contributed by atoms with Gasteiger partial charge in [-0.3, -0.25) is 9.48 Å². The quantitative estimate of drug-likeness (QED) is 0.325. The second kappa shape index (κ2) is 10.1. The minimum absolute atomic E-state index is 0.104. The van der Waals surface area contributed by atoms with Crippen molar-refractivity contribution in [1.82, 2.24) is 30.0 Å². The highest BCUT2D eigenvalue weighted by atomic mass is 35.5. The number of aromatic amines is 1. The normalized spacial score (nSPS) is 12.5. The Morgan fingerprint density at radius 2 is 2.03 bits per heavy atom. The summed E-state index contributed by atoms with van der Waals surface area (Å²) in [5.74, 6) is -0.373. The molecule has 0 aliphatic heterocycles. The Hall–Kier alpha value is -3.70. The van der Waals surface area contributed by atoms with Gasteiger partial charge in [-0.1, -0.05) is 23.7 Å². The second-order valence-corrected chi connectivity index (χ2v) is 8.39. The summed E-state index contributed by atoms with van der Waals surface area (Å²) < 4.78 is 43.2. The third-order valence-electron chi connectivity index (χ3n) is 5.40. The van der Waals surface area contributed by atoms with Gasteiger partial charge in [0.25, 0.3) is 5.91 Å². The molecule has 8 nitrogen and oxygen atoms in total. The summed E-state index contributed by atoms with van der Waals surface area (Å²) in [6.45, 7) is 3.21. The molecular weight excluding hydrogens is 497 g/mol. The number of hydrogen-bond donors (Lipinski definition) is 3. The fourth-order valence-corrected chi connectivity index (χ4v) is 4.29. The van der Waals surface area contributed by atoms with Gasteiger partial charge in [0.1, 0.15) is 6.33 Å². The number of nitrogens with one attached hydrogen (secondary N) is 2. The van der Waals surface area contributed by atoms with E-state index in [2.05, 4.69) is 25.4 Å². The molecule has 3 heterocycles. The summed E-state index contributed by atoms with van der Waals surface area (Å²) in [4.78, 5) is 23.6. The Balaban J connectivity index is 1.98. The Bertz CT molecular complexity index is 1380. The molecule has 3 aromatic heterocycles. The van der Waals surface area contributed by atoms with Crippen LogP contribution in [0.2, 0.25) is 5.02 Å². The molecule has 0 aliphatic carbocycles. The summed E-state index contributed by atoms with van der Waals surface area (Å²) in [6.07, 6.45) is -0.443. The third kappa shape index (κ3) is 4.84. The molecule has 4 aromatic rings. The highest BCUT2D eigenvalue weighted by molar-refractivity contribution is 6.36. The first-order valence-electron chi connectivity index (χ1n) is 11.0. The van der Waals surface area contributed by atoms with Crippen molar-refractivity contribution in [3.05, 3.63) is 65.5 Å². The van der Waals surface area contributed by atoms with E-state index in [4.69, 9.17) is 11.6 Å². The SMILES string of the molecule is CCNC(=O)c1cccc(-c2c[nH]c(-c3cnn(C[C@@H](C)O)c3C(F)(F)F)c2-c2ccncn2)c1Cl. The summed E-state index contributed by atoms with van der Waals surface area (Å²) in [5, 5.41) is 16.4. The molecule has 1 aromatic carbocycles. The summed E-state index contributed by atoms with van der Waals surface area (Å²) in [7, 11) is 0. The lowest BCUT2D eigenvalue weighted by Gasteiger charge is -2.15. The molecule has 188 valence electrons. The fraction of sp³-hybridized carbons (Fsp3) is 0.250. The van der Waals surface area contributed by atoms with Gasteiger partial charge in [-0.05, 0) is 26.0 Å². The number of carbonyl (C=O) groups is 1. The van der Waals surface area contributed by atoms with Gasteiger partial charge < -0.3 is 15.4 Å². The average molecular weight is 519 g/mol. The van der Waals surface area contributed by atoms with Crippen LogP contribution in [0.5, 0.6) is 0 Å². The predicted octanol–water partition coefficient (Wildman–Crippen LogP) is 4.80. The topological polar surface area (TPSA) is 109 Å². The van der Waals surface area contributed by atoms with Gasteiger partial charge in [0.05, 0.1) is 40.8 Å². The highest BCUT2D eigenvalue weighted by Gasteiger charge is 2.40. The maximum absolute atomic E-state index is 14.2. The molecule has 4 rings (SSSR count). The van der Waals surface area contributed by atoms with Crippen LogP contribution in [0.1, 0.15) is 29.9 Å². The predicted molar refractivity (Wildman–Crippen MR) is 128 cm³/mol. The van der Waals surface area contributed by atoms with Crippen LogP contribution in [-0.4, -0.2) is 48.4 Å². The number of alkyl halides is 3. The Morgan fingerprint density at radius 1 is 1.25 bits per heavy atom. The summed E-state index contributed by atoms with van der Waals surface area (Å²) >= 11 is 6.62. The van der Waals surface area contributed by atoms with E-state index in [1.165, 1.54) is 25.6 Å². The monoisotopic (exact) mass is 518 g/mol. The first-order valence-corrected chi connectivity index (χ1v) is 11.4. The van der Waals surface area contributed by atoms with E-state index in [9.17, 15) is 23.1 Å². The van der Waals surface area contributed by atoms with Gasteiger partial charge in [0.15, 0.2) is 5.69 Å². The maximum atomic E-state index is 14.2. The van der Waals surface area contributed by atoms with Gasteiger partial charge in [-0.15, -0.1) is 0 Å². The number of hydrogen-bond acceptors (Lipinski definition) is 5. The van der Waals surface area contributed by atoms with Crippen molar-refractivity contribution in [2.24, 2.45) is 0 Å². The van der Waals surface area contributed by atoms with E-state index in [-0.39, 0.29) is 34.3 Å². The second-order valence-electron chi connectivity index (χ2n) is 8.01. The molecular formula is C24H22ClF3N6O2. The van der Waals surface area contributed by atoms with E-state index in [1.807, 2.05) is 0 Å². The Morgan fingerprint density at radius 3 is 2.67 bits per heavy atom. The van der Waals surface area contributed by atoms with Crippen LogP contribution >= 0.6 is 11.6 Å². The van der Waals surface area contributed by atoms with Crippen LogP contribution < -0.4 is 5.32 Å². The molecule has 0 bridgehead atoms. The lowest BCUT2D eigenvalue weighted by Crippen LogP contribution is -2.23. The van der Waals surface area contributed by atoms with Crippen LogP contribution in [-0.2, 0) is 12.7 Å². The highest BCUT2D eigenvalue weighted by Crippen LogP contribution is 2.45. The molecule has 1 amide bonds. The molecule has 0 saturated heterocycles. The maximum Gasteiger partial charge on any atom is 0.433 e. The number of rotatable bonds is 7. The molecule has 0 radical (unpaired) electrons. The minimum atomic E-state index is -4.76. The third-order valence-corrected chi connectivity index (χ3v) is 5.81. The van der Waals surface area contributed by atoms with Crippen molar-refractivity contribution < 1.29 is 23.1 Å². The molecule has 0 saturated carbocycles. The first-order chi connectivity index (χ1) is 17.1. The molecule has 0 spiro atoms. The van der Waals surface area contributed by atoms with Gasteiger partial charge in [-0.25, -0.2) is 9.97 Å². The van der Waals surface area contributed by atoms with E-state index in [0.717, 1.165) is 10.9 Å². The van der Waals surface area contributed by atoms with Crippen molar-refractivity contribution >= 4 is 17.5 Å². The number of aromatic nitrogens is 5. The molecule has 12 heteroatoms. The largest absolute Gasteiger partial charge is 0.433 e. The van der Waals surface area contributed by atoms with Gasteiger partial charge in [-0.2, -0.15) is 18.3 Å². The number of carbonyl (C=O) groups excluding carboxylic acids is 1. The van der Waals surface area contributed by atoms with Crippen LogP contribution in [0, 0.1) is 0 Å². The zero-order valence-corrected chi connectivity index (χ0v) is 20.0. The summed E-state index contributed by atoms with van der Waals surface area (Å²) in [6, 6.07) is 6.44. The van der Waals surface area contributed by atoms with Crippen molar-refractivity contribution in [2.45, 2.75) is 32.7 Å². The fourth-order valence-electron chi connectivity index (χ4n) is 3.98. The van der Waals surface area contributed by atoms with E-state index in [1.54, 1.807) is 31.2 Å². The number of aliphatic hydroxyl groups excluding tert-OH is 1. The van der Waals surface area contributed by atoms with E-state index in [0.29, 0.717) is 28.9 Å². The van der Waals surface area contributed by atoms with Crippen molar-refractivity contribution in [3.8, 4) is 33.6 Å². The zero-order valence-electron chi connectivity index (χ0n) is 19.3. The molecule has 0 fully saturated rings.